The molecule has 0 radical (unpaired) electrons. The Morgan fingerprint density at radius 1 is 1.42 bits per heavy atom. The molecule has 1 aromatic rings. The molecule has 0 aliphatic rings. The van der Waals surface area contributed by atoms with E-state index < -0.39 is 10.8 Å². The molecule has 0 atom stereocenters. The van der Waals surface area contributed by atoms with Crippen LogP contribution >= 0.6 is 0 Å². The molecule has 19 heavy (non-hydrogen) atoms. The second kappa shape index (κ2) is 5.69. The highest BCUT2D eigenvalue weighted by Gasteiger charge is 2.23. The molecule has 0 bridgehead atoms. The summed E-state index contributed by atoms with van der Waals surface area (Å²) in [6.45, 7) is 6.64. The first-order valence-electron chi connectivity index (χ1n) is 6.03. The summed E-state index contributed by atoms with van der Waals surface area (Å²) in [7, 11) is 0. The van der Waals surface area contributed by atoms with Crippen molar-refractivity contribution in [1.29, 1.82) is 0 Å². The Hall–Kier alpha value is -2.11. The van der Waals surface area contributed by atoms with Gasteiger partial charge in [0.15, 0.2) is 0 Å². The van der Waals surface area contributed by atoms with Crippen molar-refractivity contribution in [2.45, 2.75) is 27.2 Å². The lowest BCUT2D eigenvalue weighted by atomic mass is 9.92. The minimum absolute atomic E-state index is 0.00101. The molecule has 1 aromatic carbocycles. The monoisotopic (exact) mass is 265 g/mol. The molecule has 0 heterocycles. The molecular formula is C13H19N3O3. The first-order chi connectivity index (χ1) is 8.72. The molecule has 6 nitrogen and oxygen atoms in total. The number of nitrogens with one attached hydrogen (secondary N) is 1. The minimum Gasteiger partial charge on any atom is -0.393 e. The summed E-state index contributed by atoms with van der Waals surface area (Å²) < 4.78 is 0. The fourth-order valence-electron chi connectivity index (χ4n) is 1.59. The van der Waals surface area contributed by atoms with Gasteiger partial charge in [0.2, 0.25) is 0 Å². The van der Waals surface area contributed by atoms with Crippen molar-refractivity contribution in [3.05, 3.63) is 33.9 Å². The number of rotatable bonds is 4. The lowest BCUT2D eigenvalue weighted by molar-refractivity contribution is -0.384. The summed E-state index contributed by atoms with van der Waals surface area (Å²) in [4.78, 5) is 22.2. The van der Waals surface area contributed by atoms with Crippen LogP contribution in [-0.4, -0.2) is 17.4 Å². The topological polar surface area (TPSA) is 98.3 Å². The van der Waals surface area contributed by atoms with Crippen molar-refractivity contribution >= 4 is 17.3 Å². The van der Waals surface area contributed by atoms with Crippen molar-refractivity contribution < 1.29 is 9.72 Å². The Balaban J connectivity index is 2.83. The van der Waals surface area contributed by atoms with Gasteiger partial charge in [-0.3, -0.25) is 14.9 Å². The normalized spacial score (nSPS) is 11.1. The van der Waals surface area contributed by atoms with E-state index in [1.165, 1.54) is 18.2 Å². The molecule has 3 N–H and O–H groups in total. The van der Waals surface area contributed by atoms with Crippen LogP contribution in [0.3, 0.4) is 0 Å². The SMILES string of the molecule is CC(C)(C)CCNC(=O)c1cccc(N)c1[N+](=O)[O-]. The van der Waals surface area contributed by atoms with E-state index in [9.17, 15) is 14.9 Å². The van der Waals surface area contributed by atoms with Gasteiger partial charge in [-0.2, -0.15) is 0 Å². The van der Waals surface area contributed by atoms with Gasteiger partial charge < -0.3 is 11.1 Å². The molecule has 1 amide bonds. The van der Waals surface area contributed by atoms with E-state index in [0.29, 0.717) is 6.54 Å². The highest BCUT2D eigenvalue weighted by atomic mass is 16.6. The summed E-state index contributed by atoms with van der Waals surface area (Å²) in [5.74, 6) is -0.469. The second-order valence-corrected chi connectivity index (χ2v) is 5.57. The van der Waals surface area contributed by atoms with Gasteiger partial charge in [0.1, 0.15) is 11.3 Å². The largest absolute Gasteiger partial charge is 0.393 e. The number of para-hydroxylation sites is 1. The van der Waals surface area contributed by atoms with E-state index in [2.05, 4.69) is 26.1 Å². The fourth-order valence-corrected chi connectivity index (χ4v) is 1.59. The van der Waals surface area contributed by atoms with E-state index >= 15 is 0 Å². The van der Waals surface area contributed by atoms with Crippen molar-refractivity contribution in [3.63, 3.8) is 0 Å². The third kappa shape index (κ3) is 4.24. The maximum absolute atomic E-state index is 11.9. The third-order valence-corrected chi connectivity index (χ3v) is 2.65. The van der Waals surface area contributed by atoms with Crippen molar-refractivity contribution in [3.8, 4) is 0 Å². The van der Waals surface area contributed by atoms with Crippen LogP contribution in [0.15, 0.2) is 18.2 Å². The zero-order chi connectivity index (χ0) is 14.6. The maximum Gasteiger partial charge on any atom is 0.304 e. The van der Waals surface area contributed by atoms with Crippen LogP contribution in [0.4, 0.5) is 11.4 Å². The number of carbonyl (C=O) groups excluding carboxylic acids is 1. The number of nitro benzene ring substituents is 1. The highest BCUT2D eigenvalue weighted by Crippen LogP contribution is 2.25. The zero-order valence-corrected chi connectivity index (χ0v) is 11.4. The molecule has 0 fully saturated rings. The average Bonchev–Trinajstić information content (AvgIpc) is 2.26. The Kier molecular flexibility index (Phi) is 4.47. The van der Waals surface area contributed by atoms with Crippen LogP contribution < -0.4 is 11.1 Å². The van der Waals surface area contributed by atoms with Crippen molar-refractivity contribution in [1.82, 2.24) is 5.32 Å². The van der Waals surface area contributed by atoms with Gasteiger partial charge in [0, 0.05) is 6.54 Å². The van der Waals surface area contributed by atoms with E-state index in [1.54, 1.807) is 0 Å². The number of carbonyl (C=O) groups is 1. The van der Waals surface area contributed by atoms with E-state index in [4.69, 9.17) is 5.73 Å². The lowest BCUT2D eigenvalue weighted by Gasteiger charge is -2.18. The number of nitrogen functional groups attached to an aromatic ring is 1. The highest BCUT2D eigenvalue weighted by molar-refractivity contribution is 6.00. The molecule has 0 saturated carbocycles. The van der Waals surface area contributed by atoms with E-state index in [0.717, 1.165) is 6.42 Å². The van der Waals surface area contributed by atoms with Gasteiger partial charge in [0.25, 0.3) is 5.91 Å². The third-order valence-electron chi connectivity index (χ3n) is 2.65. The summed E-state index contributed by atoms with van der Waals surface area (Å²) >= 11 is 0. The first kappa shape index (κ1) is 14.9. The summed E-state index contributed by atoms with van der Waals surface area (Å²) in [5, 5.41) is 13.6. The average molecular weight is 265 g/mol. The smallest absolute Gasteiger partial charge is 0.304 e. The standard InChI is InChI=1S/C13H19N3O3/c1-13(2,3)7-8-15-12(17)9-5-4-6-10(14)11(9)16(18)19/h4-6H,7-8,14H2,1-3H3,(H,15,17). The quantitative estimate of drug-likeness (QED) is 0.496. The number of hydrogen-bond acceptors (Lipinski definition) is 4. The summed E-state index contributed by atoms with van der Waals surface area (Å²) in [6.07, 6.45) is 0.787. The second-order valence-electron chi connectivity index (χ2n) is 5.57. The fraction of sp³-hybridized carbons (Fsp3) is 0.462. The molecule has 0 saturated heterocycles. The van der Waals surface area contributed by atoms with Gasteiger partial charge in [-0.15, -0.1) is 0 Å². The van der Waals surface area contributed by atoms with Crippen LogP contribution in [-0.2, 0) is 0 Å². The van der Waals surface area contributed by atoms with E-state index in [-0.39, 0.29) is 22.4 Å². The maximum atomic E-state index is 11.9. The van der Waals surface area contributed by atoms with Gasteiger partial charge in [-0.25, -0.2) is 0 Å². The number of anilines is 1. The summed E-state index contributed by atoms with van der Waals surface area (Å²) in [6, 6.07) is 4.34. The Labute approximate surface area is 112 Å². The number of amides is 1. The number of benzene rings is 1. The number of nitrogens with two attached hydrogens (primary N) is 1. The first-order valence-corrected chi connectivity index (χ1v) is 6.03. The number of hydrogen-bond donors (Lipinski definition) is 2. The molecule has 1 rings (SSSR count). The van der Waals surface area contributed by atoms with Gasteiger partial charge >= 0.3 is 5.69 Å². The van der Waals surface area contributed by atoms with Crippen LogP contribution in [0.5, 0.6) is 0 Å². The van der Waals surface area contributed by atoms with Crippen LogP contribution in [0.2, 0.25) is 0 Å². The van der Waals surface area contributed by atoms with Crippen molar-refractivity contribution in [2.24, 2.45) is 5.41 Å². The molecule has 0 unspecified atom stereocenters. The lowest BCUT2D eigenvalue weighted by Crippen LogP contribution is -2.28. The van der Waals surface area contributed by atoms with E-state index in [1.807, 2.05) is 0 Å². The predicted molar refractivity (Wildman–Crippen MR) is 73.9 cm³/mol. The number of nitrogens with zero attached hydrogens (tertiary/aromatic N) is 1. The van der Waals surface area contributed by atoms with Crippen LogP contribution in [0.25, 0.3) is 0 Å². The predicted octanol–water partition coefficient (Wildman–Crippen LogP) is 2.34. The van der Waals surface area contributed by atoms with Crippen LogP contribution in [0, 0.1) is 15.5 Å². The Bertz CT molecular complexity index is 492. The molecule has 0 aromatic heterocycles. The van der Waals surface area contributed by atoms with Gasteiger partial charge in [0.05, 0.1) is 4.92 Å². The molecule has 0 aliphatic carbocycles. The summed E-state index contributed by atoms with van der Waals surface area (Å²) in [5.41, 5.74) is 5.28. The Morgan fingerprint density at radius 3 is 2.58 bits per heavy atom. The minimum atomic E-state index is -0.631. The Morgan fingerprint density at radius 2 is 2.05 bits per heavy atom. The molecule has 104 valence electrons. The van der Waals surface area contributed by atoms with Gasteiger partial charge in [-0.05, 0) is 24.0 Å². The van der Waals surface area contributed by atoms with Gasteiger partial charge in [-0.1, -0.05) is 26.8 Å². The molecule has 0 aliphatic heterocycles. The van der Waals surface area contributed by atoms with Crippen LogP contribution in [0.1, 0.15) is 37.6 Å². The van der Waals surface area contributed by atoms with Crippen molar-refractivity contribution in [2.75, 3.05) is 12.3 Å². The molecular weight excluding hydrogens is 246 g/mol. The zero-order valence-electron chi connectivity index (χ0n) is 11.4. The number of nitro groups is 1. The molecule has 6 heteroatoms. The molecule has 0 spiro atoms.